The molecule has 8 nitrogen and oxygen atoms in total. The molecule has 0 aliphatic heterocycles. The molecule has 2 amide bonds. The van der Waals surface area contributed by atoms with Crippen LogP contribution >= 0.6 is 0 Å². The van der Waals surface area contributed by atoms with E-state index in [1.54, 1.807) is 34.6 Å². The summed E-state index contributed by atoms with van der Waals surface area (Å²) in [6.45, 7) is 8.44. The zero-order chi connectivity index (χ0) is 16.9. The van der Waals surface area contributed by atoms with Gasteiger partial charge < -0.3 is 24.9 Å². The third-order valence-corrected chi connectivity index (χ3v) is 2.50. The molecule has 1 aromatic heterocycles. The number of alkyl carbamates (subject to hydrolysis) is 1. The summed E-state index contributed by atoms with van der Waals surface area (Å²) in [5, 5.41) is 14.7. The minimum atomic E-state index is -0.940. The van der Waals surface area contributed by atoms with Gasteiger partial charge in [0.25, 0.3) is 5.91 Å². The number of hydrogen-bond donors (Lipinski definition) is 3. The van der Waals surface area contributed by atoms with Crippen LogP contribution in [0.3, 0.4) is 0 Å². The van der Waals surface area contributed by atoms with Crippen molar-refractivity contribution in [2.75, 3.05) is 13.1 Å². The van der Waals surface area contributed by atoms with E-state index < -0.39 is 23.7 Å². The molecule has 1 heterocycles. The van der Waals surface area contributed by atoms with Crippen molar-refractivity contribution in [2.24, 2.45) is 0 Å². The van der Waals surface area contributed by atoms with Crippen LogP contribution in [0.4, 0.5) is 4.79 Å². The maximum atomic E-state index is 11.9. The summed E-state index contributed by atoms with van der Waals surface area (Å²) in [4.78, 5) is 27.2. The molecule has 0 aliphatic carbocycles. The second-order valence-corrected chi connectivity index (χ2v) is 5.88. The quantitative estimate of drug-likeness (QED) is 0.744. The second-order valence-electron chi connectivity index (χ2n) is 5.88. The zero-order valence-electron chi connectivity index (χ0n) is 13.5. The molecule has 0 saturated carbocycles. The van der Waals surface area contributed by atoms with Crippen molar-refractivity contribution in [3.63, 3.8) is 0 Å². The van der Waals surface area contributed by atoms with Gasteiger partial charge in [-0.05, 0) is 27.7 Å². The Morgan fingerprint density at radius 3 is 2.36 bits per heavy atom. The summed E-state index contributed by atoms with van der Waals surface area (Å²) in [5.41, 5.74) is -0.421. The molecular formula is C14H23N3O5. The number of aromatic nitrogens is 1. The molecule has 3 N–H and O–H groups in total. The van der Waals surface area contributed by atoms with Crippen LogP contribution in [0.15, 0.2) is 4.42 Å². The van der Waals surface area contributed by atoms with E-state index in [1.807, 2.05) is 0 Å². The summed E-state index contributed by atoms with van der Waals surface area (Å²) in [7, 11) is 0. The summed E-state index contributed by atoms with van der Waals surface area (Å²) in [5.74, 6) is 0.372. The van der Waals surface area contributed by atoms with Crippen LogP contribution in [0.2, 0.25) is 0 Å². The number of amides is 2. The molecule has 0 bridgehead atoms. The number of carbonyl (C=O) groups excluding carboxylic acids is 2. The molecule has 0 saturated heterocycles. The van der Waals surface area contributed by atoms with Gasteiger partial charge in [-0.2, -0.15) is 0 Å². The average Bonchev–Trinajstić information content (AvgIpc) is 2.70. The Kier molecular flexibility index (Phi) is 5.92. The van der Waals surface area contributed by atoms with E-state index in [9.17, 15) is 14.7 Å². The van der Waals surface area contributed by atoms with E-state index in [1.165, 1.54) is 0 Å². The van der Waals surface area contributed by atoms with Gasteiger partial charge in [0.15, 0.2) is 11.6 Å². The van der Waals surface area contributed by atoms with E-state index in [0.29, 0.717) is 11.7 Å². The van der Waals surface area contributed by atoms with Gasteiger partial charge >= 0.3 is 6.09 Å². The van der Waals surface area contributed by atoms with Gasteiger partial charge in [-0.25, -0.2) is 9.78 Å². The maximum Gasteiger partial charge on any atom is 0.407 e. The van der Waals surface area contributed by atoms with Crippen LogP contribution in [0.25, 0.3) is 0 Å². The topological polar surface area (TPSA) is 114 Å². The lowest BCUT2D eigenvalue weighted by atomic mass is 10.2. The third-order valence-electron chi connectivity index (χ3n) is 2.50. The highest BCUT2D eigenvalue weighted by Gasteiger charge is 2.18. The van der Waals surface area contributed by atoms with Gasteiger partial charge in [0.05, 0.1) is 6.10 Å². The molecule has 0 unspecified atom stereocenters. The fourth-order valence-electron chi connectivity index (χ4n) is 1.62. The molecule has 0 radical (unpaired) electrons. The molecule has 0 spiro atoms. The smallest absolute Gasteiger partial charge is 0.407 e. The van der Waals surface area contributed by atoms with Crippen LogP contribution in [0.1, 0.15) is 42.9 Å². The van der Waals surface area contributed by atoms with Crippen molar-refractivity contribution in [3.05, 3.63) is 17.3 Å². The van der Waals surface area contributed by atoms with Crippen LogP contribution in [-0.2, 0) is 4.74 Å². The summed E-state index contributed by atoms with van der Waals surface area (Å²) in [6.07, 6.45) is -1.56. The SMILES string of the molecule is Cc1nc(C(=O)NC[C@H](O)CNC(=O)OC(C)(C)C)c(C)o1. The fraction of sp³-hybridized carbons (Fsp3) is 0.643. The highest BCUT2D eigenvalue weighted by atomic mass is 16.6. The Morgan fingerprint density at radius 1 is 1.27 bits per heavy atom. The Balaban J connectivity index is 2.34. The second kappa shape index (κ2) is 7.26. The first-order chi connectivity index (χ1) is 10.1. The Morgan fingerprint density at radius 2 is 1.86 bits per heavy atom. The maximum absolute atomic E-state index is 11.9. The highest BCUT2D eigenvalue weighted by molar-refractivity contribution is 5.93. The lowest BCUT2D eigenvalue weighted by Gasteiger charge is -2.20. The van der Waals surface area contributed by atoms with Gasteiger partial charge in [-0.3, -0.25) is 4.79 Å². The first-order valence-corrected chi connectivity index (χ1v) is 6.95. The minimum absolute atomic E-state index is 0.0278. The van der Waals surface area contributed by atoms with Gasteiger partial charge in [-0.15, -0.1) is 0 Å². The van der Waals surface area contributed by atoms with E-state index in [0.717, 1.165) is 0 Å². The predicted molar refractivity (Wildman–Crippen MR) is 78.6 cm³/mol. The fourth-order valence-corrected chi connectivity index (χ4v) is 1.62. The molecule has 0 aromatic carbocycles. The largest absolute Gasteiger partial charge is 0.445 e. The van der Waals surface area contributed by atoms with E-state index in [4.69, 9.17) is 9.15 Å². The van der Waals surface area contributed by atoms with Gasteiger partial charge in [-0.1, -0.05) is 0 Å². The molecular weight excluding hydrogens is 290 g/mol. The molecule has 1 atom stereocenters. The minimum Gasteiger partial charge on any atom is -0.445 e. The Hall–Kier alpha value is -2.09. The summed E-state index contributed by atoms with van der Waals surface area (Å²) < 4.78 is 10.2. The number of aliphatic hydroxyl groups is 1. The number of nitrogens with zero attached hydrogens (tertiary/aromatic N) is 1. The first-order valence-electron chi connectivity index (χ1n) is 6.95. The number of hydrogen-bond acceptors (Lipinski definition) is 6. The monoisotopic (exact) mass is 313 g/mol. The highest BCUT2D eigenvalue weighted by Crippen LogP contribution is 2.08. The molecule has 0 aliphatic rings. The van der Waals surface area contributed by atoms with Crippen molar-refractivity contribution in [3.8, 4) is 0 Å². The zero-order valence-corrected chi connectivity index (χ0v) is 13.5. The van der Waals surface area contributed by atoms with E-state index in [-0.39, 0.29) is 18.8 Å². The number of carbonyl (C=O) groups is 2. The Bertz CT molecular complexity index is 533. The molecule has 0 fully saturated rings. The van der Waals surface area contributed by atoms with Crippen LogP contribution < -0.4 is 10.6 Å². The molecule has 1 aromatic rings. The Labute approximate surface area is 129 Å². The number of oxazole rings is 1. The van der Waals surface area contributed by atoms with Crippen LogP contribution in [-0.4, -0.2) is 46.9 Å². The summed E-state index contributed by atoms with van der Waals surface area (Å²) in [6, 6.07) is 0. The van der Waals surface area contributed by atoms with Crippen molar-refractivity contribution < 1.29 is 23.8 Å². The normalized spacial score (nSPS) is 12.6. The average molecular weight is 313 g/mol. The van der Waals surface area contributed by atoms with Gasteiger partial charge in [0, 0.05) is 20.0 Å². The predicted octanol–water partition coefficient (Wildman–Crippen LogP) is 0.907. The standard InChI is InChI=1S/C14H23N3O5/c1-8-11(17-9(2)21-8)12(19)15-6-10(18)7-16-13(20)22-14(3,4)5/h10,18H,6-7H2,1-5H3,(H,15,19)(H,16,20)/t10-/m0/s1. The van der Waals surface area contributed by atoms with E-state index >= 15 is 0 Å². The molecule has 124 valence electrons. The number of aliphatic hydroxyl groups excluding tert-OH is 1. The first kappa shape index (κ1) is 18.0. The van der Waals surface area contributed by atoms with E-state index in [2.05, 4.69) is 15.6 Å². The van der Waals surface area contributed by atoms with Crippen molar-refractivity contribution >= 4 is 12.0 Å². The number of ether oxygens (including phenoxy) is 1. The van der Waals surface area contributed by atoms with Crippen LogP contribution in [0.5, 0.6) is 0 Å². The van der Waals surface area contributed by atoms with Crippen molar-refractivity contribution in [1.29, 1.82) is 0 Å². The lowest BCUT2D eigenvalue weighted by Crippen LogP contribution is -2.41. The lowest BCUT2D eigenvalue weighted by molar-refractivity contribution is 0.0492. The molecule has 1 rings (SSSR count). The van der Waals surface area contributed by atoms with Crippen LogP contribution in [0, 0.1) is 13.8 Å². The molecule has 22 heavy (non-hydrogen) atoms. The van der Waals surface area contributed by atoms with Gasteiger partial charge in [0.2, 0.25) is 0 Å². The number of rotatable bonds is 5. The number of nitrogens with one attached hydrogen (secondary N) is 2. The van der Waals surface area contributed by atoms with Gasteiger partial charge in [0.1, 0.15) is 11.4 Å². The third kappa shape index (κ3) is 6.13. The molecule has 8 heteroatoms. The number of aryl methyl sites for hydroxylation is 2. The van der Waals surface area contributed by atoms with Crippen molar-refractivity contribution in [1.82, 2.24) is 15.6 Å². The van der Waals surface area contributed by atoms with Crippen molar-refractivity contribution in [2.45, 2.75) is 46.3 Å². The summed E-state index contributed by atoms with van der Waals surface area (Å²) >= 11 is 0.